The van der Waals surface area contributed by atoms with Crippen LogP contribution >= 0.6 is 0 Å². The lowest BCUT2D eigenvalue weighted by Crippen LogP contribution is -2.34. The van der Waals surface area contributed by atoms with Crippen molar-refractivity contribution < 1.29 is 4.79 Å². The van der Waals surface area contributed by atoms with Crippen LogP contribution in [-0.2, 0) is 4.79 Å². The van der Waals surface area contributed by atoms with Crippen molar-refractivity contribution in [2.24, 2.45) is 5.92 Å². The molecule has 0 N–H and O–H groups in total. The number of pyridine rings is 1. The highest BCUT2D eigenvalue weighted by Crippen LogP contribution is 2.21. The molecule has 1 aromatic heterocycles. The average Bonchev–Trinajstić information content (AvgIpc) is 2.29. The van der Waals surface area contributed by atoms with Gasteiger partial charge >= 0.3 is 0 Å². The monoisotopic (exact) mass is 232 g/mol. The van der Waals surface area contributed by atoms with Crippen molar-refractivity contribution in [2.45, 2.75) is 39.5 Å². The third kappa shape index (κ3) is 3.05. The van der Waals surface area contributed by atoms with Crippen LogP contribution in [-0.4, -0.2) is 17.4 Å². The van der Waals surface area contributed by atoms with Crippen LogP contribution in [0.5, 0.6) is 0 Å². The maximum absolute atomic E-state index is 12.0. The van der Waals surface area contributed by atoms with Crippen LogP contribution in [0.15, 0.2) is 18.3 Å². The summed E-state index contributed by atoms with van der Waals surface area (Å²) in [6.45, 7) is 5.07. The van der Waals surface area contributed by atoms with E-state index < -0.39 is 0 Å². The average molecular weight is 232 g/mol. The van der Waals surface area contributed by atoms with Crippen molar-refractivity contribution >= 4 is 11.7 Å². The van der Waals surface area contributed by atoms with E-state index in [9.17, 15) is 4.79 Å². The van der Waals surface area contributed by atoms with E-state index in [1.165, 1.54) is 6.42 Å². The number of aromatic nitrogens is 1. The van der Waals surface area contributed by atoms with Gasteiger partial charge in [-0.1, -0.05) is 19.4 Å². The van der Waals surface area contributed by atoms with Gasteiger partial charge in [0.15, 0.2) is 0 Å². The van der Waals surface area contributed by atoms with Crippen LogP contribution in [0.2, 0.25) is 0 Å². The molecule has 17 heavy (non-hydrogen) atoms. The molecule has 3 nitrogen and oxygen atoms in total. The van der Waals surface area contributed by atoms with Crippen LogP contribution < -0.4 is 4.90 Å². The van der Waals surface area contributed by atoms with E-state index in [0.29, 0.717) is 12.3 Å². The van der Waals surface area contributed by atoms with Crippen LogP contribution in [0.3, 0.4) is 0 Å². The zero-order chi connectivity index (χ0) is 12.3. The lowest BCUT2D eigenvalue weighted by atomic mass is 9.98. The number of hydrogen-bond donors (Lipinski definition) is 0. The highest BCUT2D eigenvalue weighted by molar-refractivity contribution is 5.92. The largest absolute Gasteiger partial charge is 0.297 e. The molecule has 0 bridgehead atoms. The number of anilines is 1. The van der Waals surface area contributed by atoms with E-state index in [1.807, 2.05) is 30.2 Å². The fraction of sp³-hybridized carbons (Fsp3) is 0.571. The van der Waals surface area contributed by atoms with Crippen LogP contribution in [0.1, 0.15) is 38.2 Å². The molecule has 1 atom stereocenters. The maximum Gasteiger partial charge on any atom is 0.228 e. The lowest BCUT2D eigenvalue weighted by Gasteiger charge is -2.26. The van der Waals surface area contributed by atoms with Gasteiger partial charge in [0.2, 0.25) is 5.91 Å². The molecule has 1 aliphatic heterocycles. The summed E-state index contributed by atoms with van der Waals surface area (Å²) in [6.07, 6.45) is 5.72. The van der Waals surface area contributed by atoms with Gasteiger partial charge in [-0.2, -0.15) is 0 Å². The Kier molecular flexibility index (Phi) is 3.77. The topological polar surface area (TPSA) is 33.2 Å². The van der Waals surface area contributed by atoms with Gasteiger partial charge in [0.05, 0.1) is 0 Å². The Bertz CT molecular complexity index is 386. The molecule has 92 valence electrons. The normalized spacial score (nSPS) is 22.1. The Morgan fingerprint density at radius 1 is 1.35 bits per heavy atom. The summed E-state index contributed by atoms with van der Waals surface area (Å²) in [5.41, 5.74) is 1.13. The first-order chi connectivity index (χ1) is 8.16. The zero-order valence-corrected chi connectivity index (χ0v) is 10.6. The second kappa shape index (κ2) is 5.30. The molecule has 3 heteroatoms. The summed E-state index contributed by atoms with van der Waals surface area (Å²) in [7, 11) is 0. The van der Waals surface area contributed by atoms with E-state index in [1.54, 1.807) is 0 Å². The SMILES string of the molecule is Cc1ccc(N2CCC(C)CCCC2=O)nc1. The molecule has 1 amide bonds. The van der Waals surface area contributed by atoms with Gasteiger partial charge in [-0.25, -0.2) is 4.98 Å². The Balaban J connectivity index is 2.15. The van der Waals surface area contributed by atoms with Crippen molar-refractivity contribution in [3.63, 3.8) is 0 Å². The van der Waals surface area contributed by atoms with E-state index in [0.717, 1.165) is 30.8 Å². The number of rotatable bonds is 1. The highest BCUT2D eigenvalue weighted by atomic mass is 16.2. The van der Waals surface area contributed by atoms with E-state index in [-0.39, 0.29) is 5.91 Å². The molecule has 1 unspecified atom stereocenters. The van der Waals surface area contributed by atoms with Gasteiger partial charge in [0, 0.05) is 19.2 Å². The van der Waals surface area contributed by atoms with Crippen molar-refractivity contribution in [3.05, 3.63) is 23.9 Å². The van der Waals surface area contributed by atoms with Crippen molar-refractivity contribution in [2.75, 3.05) is 11.4 Å². The fourth-order valence-electron chi connectivity index (χ4n) is 2.22. The summed E-state index contributed by atoms with van der Waals surface area (Å²) in [5, 5.41) is 0. The Hall–Kier alpha value is -1.38. The Labute approximate surface area is 103 Å². The first-order valence-corrected chi connectivity index (χ1v) is 6.40. The molecule has 0 spiro atoms. The quantitative estimate of drug-likeness (QED) is 0.746. The molecule has 1 aromatic rings. The minimum atomic E-state index is 0.216. The number of hydrogen-bond acceptors (Lipinski definition) is 2. The highest BCUT2D eigenvalue weighted by Gasteiger charge is 2.20. The van der Waals surface area contributed by atoms with Gasteiger partial charge in [0.1, 0.15) is 5.82 Å². The van der Waals surface area contributed by atoms with E-state index >= 15 is 0 Å². The summed E-state index contributed by atoms with van der Waals surface area (Å²) in [4.78, 5) is 18.2. The maximum atomic E-state index is 12.0. The molecular weight excluding hydrogens is 212 g/mol. The molecule has 1 fully saturated rings. The second-order valence-corrected chi connectivity index (χ2v) is 5.03. The Morgan fingerprint density at radius 3 is 2.88 bits per heavy atom. The summed E-state index contributed by atoms with van der Waals surface area (Å²) >= 11 is 0. The van der Waals surface area contributed by atoms with Crippen LogP contribution in [0, 0.1) is 12.8 Å². The molecule has 1 aliphatic rings. The van der Waals surface area contributed by atoms with Gasteiger partial charge in [0.25, 0.3) is 0 Å². The summed E-state index contributed by atoms with van der Waals surface area (Å²) in [5.74, 6) is 1.72. The first kappa shape index (κ1) is 12.1. The van der Waals surface area contributed by atoms with Gasteiger partial charge in [-0.15, -0.1) is 0 Å². The minimum Gasteiger partial charge on any atom is -0.297 e. The van der Waals surface area contributed by atoms with E-state index in [4.69, 9.17) is 0 Å². The fourth-order valence-corrected chi connectivity index (χ4v) is 2.22. The van der Waals surface area contributed by atoms with Crippen molar-refractivity contribution in [1.29, 1.82) is 0 Å². The standard InChI is InChI=1S/C14H20N2O/c1-11-4-3-5-14(17)16(9-8-11)13-7-6-12(2)10-15-13/h6-7,10-11H,3-5,8-9H2,1-2H3. The van der Waals surface area contributed by atoms with Crippen molar-refractivity contribution in [1.82, 2.24) is 4.98 Å². The molecule has 1 saturated heterocycles. The molecular formula is C14H20N2O. The molecule has 2 rings (SSSR count). The molecule has 0 radical (unpaired) electrons. The second-order valence-electron chi connectivity index (χ2n) is 5.03. The smallest absolute Gasteiger partial charge is 0.228 e. The third-order valence-electron chi connectivity index (χ3n) is 3.41. The summed E-state index contributed by atoms with van der Waals surface area (Å²) in [6, 6.07) is 3.96. The number of carbonyl (C=O) groups excluding carboxylic acids is 1. The molecule has 2 heterocycles. The Morgan fingerprint density at radius 2 is 2.18 bits per heavy atom. The predicted octanol–water partition coefficient (Wildman–Crippen LogP) is 2.93. The predicted molar refractivity (Wildman–Crippen MR) is 69.0 cm³/mol. The lowest BCUT2D eigenvalue weighted by molar-refractivity contribution is -0.119. The van der Waals surface area contributed by atoms with Crippen molar-refractivity contribution in [3.8, 4) is 0 Å². The zero-order valence-electron chi connectivity index (χ0n) is 10.6. The van der Waals surface area contributed by atoms with Crippen LogP contribution in [0.4, 0.5) is 5.82 Å². The van der Waals surface area contributed by atoms with Gasteiger partial charge in [-0.3, -0.25) is 9.69 Å². The van der Waals surface area contributed by atoms with Gasteiger partial charge in [-0.05, 0) is 37.3 Å². The number of amides is 1. The van der Waals surface area contributed by atoms with E-state index in [2.05, 4.69) is 11.9 Å². The third-order valence-corrected chi connectivity index (χ3v) is 3.41. The number of aryl methyl sites for hydroxylation is 1. The number of nitrogens with zero attached hydrogens (tertiary/aromatic N) is 2. The number of carbonyl (C=O) groups is 1. The minimum absolute atomic E-state index is 0.216. The van der Waals surface area contributed by atoms with Gasteiger partial charge < -0.3 is 0 Å². The summed E-state index contributed by atoms with van der Waals surface area (Å²) < 4.78 is 0. The molecule has 0 saturated carbocycles. The molecule has 0 aromatic carbocycles. The van der Waals surface area contributed by atoms with Crippen LogP contribution in [0.25, 0.3) is 0 Å². The molecule has 0 aliphatic carbocycles. The first-order valence-electron chi connectivity index (χ1n) is 6.40.